The molecule has 12 aliphatic rings. The minimum Gasteiger partial charge on any atom is -0.468 e. The van der Waals surface area contributed by atoms with Crippen molar-refractivity contribution in [3.05, 3.63) is 297 Å². The molecule has 0 radical (unpaired) electrons. The summed E-state index contributed by atoms with van der Waals surface area (Å²) in [5.41, 5.74) is 38.2. The van der Waals surface area contributed by atoms with Gasteiger partial charge >= 0.3 is 0 Å². The largest absolute Gasteiger partial charge is 0.468 e. The molecule has 143 heavy (non-hydrogen) atoms. The molecule has 0 N–H and O–H groups in total. The van der Waals surface area contributed by atoms with Crippen molar-refractivity contribution in [3.8, 4) is 22.3 Å². The standard InChI is InChI=1S/C66H74BN3O.C52H56BClN2O.C15H20/c1-60(2,3)42-27-29-51(46(35-42)41-23-15-14-16-24-41)68-53-39-45(69-52-26-18-17-25-48(52)63(10)31-19-21-33-65(63,69)12)40-54-56(53)67(59-57(68)47-36-43(61(4,5)6)28-30-55(47)71-59)50-38-44(62(7,8)9)37-49-58(50)70(54)66(13)34-22-20-32-64(49,66)11;1-48(2,3)32-19-21-40(36(25-32)31-17-13-12-14-18-31)55-41-29-35(54)30-42-44(41)53(47-45(55)37-26-33(49(4,5)6)20-22-43(37)57-47)39-28-34(50(7,8)9)27-38-46(39)56(42)52(11)24-16-15-23-51(38,52)10;1-14-9-5-6-10-15(14,2)13-8-4-3-7-12(13)11-14/h14-18,23-30,35-40H,19-22,31-34H2,1-13H3;12-14,17-22,25-30H,15-16,23-24H2,1-11H3;3-4,7-8H,5-6,9-11H2,1-2H3/i17D,18D,25D,26D;;3D,4D,7D,8D. The van der Waals surface area contributed by atoms with Crippen LogP contribution in [0.25, 0.3) is 44.2 Å². The molecule has 12 aromatic carbocycles. The average molecular weight is 1920 g/mol. The molecule has 14 aromatic rings. The number of halogens is 1. The van der Waals surface area contributed by atoms with Crippen LogP contribution in [-0.2, 0) is 60.6 Å². The lowest BCUT2D eigenvalue weighted by atomic mass is 9.35. The third kappa shape index (κ3) is 13.5. The Kier molecular flexibility index (Phi) is 18.9. The number of hydrogen-bond donors (Lipinski definition) is 0. The summed E-state index contributed by atoms with van der Waals surface area (Å²) in [6.07, 6.45) is 18.3. The van der Waals surface area contributed by atoms with Gasteiger partial charge in [0.15, 0.2) is 0 Å². The van der Waals surface area contributed by atoms with E-state index in [1.165, 1.54) is 132 Å². The molecule has 26 rings (SSSR count). The molecule has 5 aliphatic carbocycles. The first kappa shape index (κ1) is 85.4. The molecule has 8 atom stereocenters. The molecule has 7 nitrogen and oxygen atoms in total. The van der Waals surface area contributed by atoms with E-state index >= 15 is 0 Å². The molecule has 732 valence electrons. The number of fused-ring (bicyclic) bond motifs is 24. The monoisotopic (exact) mass is 1910 g/mol. The van der Waals surface area contributed by atoms with Gasteiger partial charge in [0.05, 0.1) is 61.7 Å². The predicted molar refractivity (Wildman–Crippen MR) is 612 cm³/mol. The number of para-hydroxylation sites is 1. The number of nitrogens with zero attached hydrogens (tertiary/aromatic N) is 5. The lowest BCUT2D eigenvalue weighted by Crippen LogP contribution is -2.64. The number of hydrogen-bond acceptors (Lipinski definition) is 7. The summed E-state index contributed by atoms with van der Waals surface area (Å²) >= 11 is 7.46. The first-order chi connectivity index (χ1) is 70.9. The van der Waals surface area contributed by atoms with Crippen LogP contribution in [-0.4, -0.2) is 30.0 Å². The van der Waals surface area contributed by atoms with Gasteiger partial charge in [-0.1, -0.05) is 374 Å². The van der Waals surface area contributed by atoms with Gasteiger partial charge in [-0.25, -0.2) is 0 Å². The van der Waals surface area contributed by atoms with Crippen LogP contribution in [0.3, 0.4) is 0 Å². The zero-order chi connectivity index (χ0) is 107. The molecule has 0 saturated heterocycles. The Balaban J connectivity index is 0.000000140. The van der Waals surface area contributed by atoms with Gasteiger partial charge in [0.2, 0.25) is 0 Å². The quantitative estimate of drug-likeness (QED) is 0.159. The molecular formula is C133H150B2ClN5O2. The van der Waals surface area contributed by atoms with Crippen molar-refractivity contribution in [2.24, 2.45) is 5.41 Å². The van der Waals surface area contributed by atoms with Crippen LogP contribution in [0.5, 0.6) is 0 Å². The highest BCUT2D eigenvalue weighted by molar-refractivity contribution is 7.01. The van der Waals surface area contributed by atoms with Crippen molar-refractivity contribution in [2.45, 2.75) is 360 Å². The zero-order valence-corrected chi connectivity index (χ0v) is 90.7. The Morgan fingerprint density at radius 1 is 0.315 bits per heavy atom. The van der Waals surface area contributed by atoms with E-state index in [1.807, 2.05) is 0 Å². The van der Waals surface area contributed by atoms with E-state index in [1.54, 1.807) is 0 Å². The summed E-state index contributed by atoms with van der Waals surface area (Å²) in [6.45, 7) is 60.8. The van der Waals surface area contributed by atoms with Gasteiger partial charge < -0.3 is 33.3 Å². The third-order valence-electron chi connectivity index (χ3n) is 38.9. The van der Waals surface area contributed by atoms with Crippen molar-refractivity contribution in [1.82, 2.24) is 0 Å². The molecule has 8 unspecified atom stereocenters. The van der Waals surface area contributed by atoms with Gasteiger partial charge in [-0.2, -0.15) is 0 Å². The molecule has 2 aromatic heterocycles. The topological polar surface area (TPSA) is 42.5 Å². The second kappa shape index (κ2) is 31.6. The molecule has 7 aliphatic heterocycles. The van der Waals surface area contributed by atoms with Crippen molar-refractivity contribution in [1.29, 1.82) is 0 Å². The van der Waals surface area contributed by atoms with Gasteiger partial charge in [-0.15, -0.1) is 0 Å². The second-order valence-electron chi connectivity index (χ2n) is 53.3. The Bertz CT molecular complexity index is 8150. The molecule has 0 amide bonds. The van der Waals surface area contributed by atoms with Gasteiger partial charge in [0, 0.05) is 88.7 Å². The van der Waals surface area contributed by atoms with Crippen LogP contribution < -0.4 is 57.7 Å². The van der Waals surface area contributed by atoms with E-state index < -0.39 is 11.0 Å². The molecule has 9 heterocycles. The van der Waals surface area contributed by atoms with Crippen LogP contribution in [0, 0.1) is 5.41 Å². The first-order valence-corrected chi connectivity index (χ1v) is 54.4. The fourth-order valence-electron chi connectivity index (χ4n) is 29.5. The normalized spacial score (nSPS) is 25.7. The molecule has 4 saturated carbocycles. The highest BCUT2D eigenvalue weighted by atomic mass is 35.5. The fourth-order valence-corrected chi connectivity index (χ4v) is 29.7. The summed E-state index contributed by atoms with van der Waals surface area (Å²) < 4.78 is 85.1. The number of benzene rings is 12. The van der Waals surface area contributed by atoms with Crippen LogP contribution in [0.2, 0.25) is 5.02 Å². The smallest absolute Gasteiger partial charge is 0.297 e. The Labute approximate surface area is 871 Å². The zero-order valence-electron chi connectivity index (χ0n) is 97.9. The van der Waals surface area contributed by atoms with Gasteiger partial charge in [0.1, 0.15) is 11.2 Å². The third-order valence-corrected chi connectivity index (χ3v) is 39.1. The van der Waals surface area contributed by atoms with Crippen LogP contribution in [0.15, 0.2) is 239 Å². The van der Waals surface area contributed by atoms with E-state index in [0.717, 1.165) is 183 Å². The fraction of sp³-hybridized carbons (Fsp3) is 0.429. The summed E-state index contributed by atoms with van der Waals surface area (Å²) in [5.74, 6) is 0. The van der Waals surface area contributed by atoms with Crippen LogP contribution in [0.4, 0.5) is 68.2 Å². The van der Waals surface area contributed by atoms with E-state index in [9.17, 15) is 4.11 Å². The molecule has 0 spiro atoms. The van der Waals surface area contributed by atoms with Gasteiger partial charge in [-0.3, -0.25) is 0 Å². The Morgan fingerprint density at radius 3 is 1.13 bits per heavy atom. The van der Waals surface area contributed by atoms with Crippen LogP contribution >= 0.6 is 11.6 Å². The van der Waals surface area contributed by atoms with Crippen LogP contribution in [0.1, 0.15) is 355 Å². The molecule has 10 heteroatoms. The number of furan rings is 2. The highest BCUT2D eigenvalue weighted by Crippen LogP contribution is 2.69. The average Bonchev–Trinajstić information content (AvgIpc) is 1.50. The van der Waals surface area contributed by atoms with Crippen molar-refractivity contribution in [2.75, 3.05) is 24.5 Å². The second-order valence-corrected chi connectivity index (χ2v) is 53.7. The molecule has 4 fully saturated rings. The van der Waals surface area contributed by atoms with E-state index in [-0.39, 0.29) is 127 Å². The summed E-state index contributed by atoms with van der Waals surface area (Å²) in [6, 6.07) is 69.5. The van der Waals surface area contributed by atoms with Crippen molar-refractivity contribution >= 4 is 148 Å². The Hall–Kier alpha value is -10.9. The van der Waals surface area contributed by atoms with E-state index in [0.29, 0.717) is 5.69 Å². The summed E-state index contributed by atoms with van der Waals surface area (Å²) in [5, 5.41) is 2.98. The lowest BCUT2D eigenvalue weighted by Gasteiger charge is -2.53. The maximum atomic E-state index is 9.91. The Morgan fingerprint density at radius 2 is 0.678 bits per heavy atom. The first-order valence-electron chi connectivity index (χ1n) is 58.0. The predicted octanol–water partition coefficient (Wildman–Crippen LogP) is 33.2. The van der Waals surface area contributed by atoms with E-state index in [4.69, 9.17) is 27.3 Å². The lowest BCUT2D eigenvalue weighted by molar-refractivity contribution is 0.110. The van der Waals surface area contributed by atoms with Crippen molar-refractivity contribution in [3.63, 3.8) is 0 Å². The minimum absolute atomic E-state index is 0.0133. The van der Waals surface area contributed by atoms with Gasteiger partial charge in [0.25, 0.3) is 13.4 Å². The maximum absolute atomic E-state index is 9.91. The van der Waals surface area contributed by atoms with Gasteiger partial charge in [-0.05, 0) is 295 Å². The minimum atomic E-state index is -0.550. The molecule has 0 bridgehead atoms. The number of rotatable bonds is 5. The highest BCUT2D eigenvalue weighted by Gasteiger charge is 2.67. The van der Waals surface area contributed by atoms with Crippen molar-refractivity contribution < 1.29 is 19.8 Å². The summed E-state index contributed by atoms with van der Waals surface area (Å²) in [7, 11) is 0. The number of anilines is 12. The molecular weight excluding hydrogens is 1760 g/mol. The maximum Gasteiger partial charge on any atom is 0.297 e. The summed E-state index contributed by atoms with van der Waals surface area (Å²) in [4.78, 5) is 13.1. The van der Waals surface area contributed by atoms with E-state index in [2.05, 4.69) is 387 Å². The SMILES string of the molecule is CC(C)(C)c1ccc(N2c3cc(Cl)cc4c3B(c3cc(C(C)(C)C)cc5c3N4C3(C)CCCCC53C)c3oc4ccc(C(C)(C)C)cc4c32)c(-c2ccccc2)c1.[2H]c1c([2H])c([2H])c2c(c1[2H])CC1(C)CCCCC21C.[2H]c1c([2H])c([2H])c2c(c1[2H])N(c1cc3c4c(c1)N1c5c(cc(C(C)(C)C)cc5C5(C)CCCCC15C)B4c1oc4ccc(C(C)(C)C)cc4c1N3c1ccc(C(C)(C)C)cc1-c1ccccc1)C1(C)CCCCC21C.